The Morgan fingerprint density at radius 1 is 0.935 bits per heavy atom. The highest BCUT2D eigenvalue weighted by Crippen LogP contribution is 2.24. The second kappa shape index (κ2) is 8.83. The van der Waals surface area contributed by atoms with Crippen LogP contribution in [0.4, 0.5) is 0 Å². The van der Waals surface area contributed by atoms with Crippen molar-refractivity contribution in [1.29, 1.82) is 0 Å². The molecule has 0 unspecified atom stereocenters. The van der Waals surface area contributed by atoms with Gasteiger partial charge in [0.2, 0.25) is 0 Å². The molecular weight excluding hydrogens is 406 g/mol. The zero-order chi connectivity index (χ0) is 21.0. The summed E-state index contributed by atoms with van der Waals surface area (Å²) in [4.78, 5) is 21.9. The molecule has 1 fully saturated rings. The Bertz CT molecular complexity index is 1150. The number of rotatable bonds is 5. The van der Waals surface area contributed by atoms with Crippen molar-refractivity contribution in [1.82, 2.24) is 25.0 Å². The number of thiazole rings is 1. The van der Waals surface area contributed by atoms with Gasteiger partial charge >= 0.3 is 0 Å². The Morgan fingerprint density at radius 3 is 2.32 bits per heavy atom. The maximum Gasteiger partial charge on any atom is 0.271 e. The van der Waals surface area contributed by atoms with Gasteiger partial charge < -0.3 is 4.90 Å². The molecule has 2 aromatic heterocycles. The third kappa shape index (κ3) is 4.42. The number of carbonyl (C=O) groups is 1. The second-order valence-corrected chi connectivity index (χ2v) is 8.47. The number of benzene rings is 2. The molecule has 0 saturated carbocycles. The first-order valence-electron chi connectivity index (χ1n) is 10.4. The number of hydrogen-bond acceptors (Lipinski definition) is 5. The number of carbonyl (C=O) groups excluding carboxylic acids is 1. The van der Waals surface area contributed by atoms with Crippen LogP contribution in [-0.2, 0) is 6.54 Å². The van der Waals surface area contributed by atoms with E-state index in [9.17, 15) is 4.79 Å². The molecule has 4 aromatic rings. The Labute approximate surface area is 185 Å². The molecule has 1 aliphatic rings. The predicted molar refractivity (Wildman–Crippen MR) is 123 cm³/mol. The summed E-state index contributed by atoms with van der Waals surface area (Å²) in [6, 6.07) is 22.0. The standard InChI is InChI=1S/C24H23N5OS/c30-24(22-15-21(26-27-22)18-7-3-1-4-8-18)29-13-11-28(12-14-29)16-20-17-31-23(25-20)19-9-5-2-6-10-19/h1-10,15,17H,11-14,16H2,(H,26,27). The lowest BCUT2D eigenvalue weighted by molar-refractivity contribution is 0.0621. The Kier molecular flexibility index (Phi) is 5.60. The van der Waals surface area contributed by atoms with E-state index in [2.05, 4.69) is 32.6 Å². The van der Waals surface area contributed by atoms with E-state index in [-0.39, 0.29) is 5.91 Å². The van der Waals surface area contributed by atoms with Crippen molar-refractivity contribution >= 4 is 17.2 Å². The normalized spacial score (nSPS) is 14.6. The average molecular weight is 430 g/mol. The molecule has 6 nitrogen and oxygen atoms in total. The van der Waals surface area contributed by atoms with Crippen molar-refractivity contribution in [3.05, 3.63) is 83.5 Å². The van der Waals surface area contributed by atoms with Gasteiger partial charge in [-0.3, -0.25) is 14.8 Å². The first kappa shape index (κ1) is 19.7. The summed E-state index contributed by atoms with van der Waals surface area (Å²) >= 11 is 1.68. The third-order valence-corrected chi connectivity index (χ3v) is 6.44. The lowest BCUT2D eigenvalue weighted by Crippen LogP contribution is -2.48. The number of piperazine rings is 1. The molecule has 0 aliphatic carbocycles. The second-order valence-electron chi connectivity index (χ2n) is 7.61. The molecule has 2 aromatic carbocycles. The van der Waals surface area contributed by atoms with Gasteiger partial charge in [-0.25, -0.2) is 4.98 Å². The van der Waals surface area contributed by atoms with Crippen molar-refractivity contribution < 1.29 is 4.79 Å². The lowest BCUT2D eigenvalue weighted by atomic mass is 10.1. The van der Waals surface area contributed by atoms with Crippen LogP contribution >= 0.6 is 11.3 Å². The van der Waals surface area contributed by atoms with Crippen LogP contribution in [0.2, 0.25) is 0 Å². The van der Waals surface area contributed by atoms with Crippen LogP contribution in [0.15, 0.2) is 72.1 Å². The Hall–Kier alpha value is -3.29. The van der Waals surface area contributed by atoms with Crippen LogP contribution in [-0.4, -0.2) is 57.1 Å². The topological polar surface area (TPSA) is 65.1 Å². The molecule has 0 spiro atoms. The first-order valence-corrected chi connectivity index (χ1v) is 11.3. The number of amides is 1. The number of hydrogen-bond donors (Lipinski definition) is 1. The summed E-state index contributed by atoms with van der Waals surface area (Å²) in [5, 5.41) is 10.4. The first-order chi connectivity index (χ1) is 15.3. The largest absolute Gasteiger partial charge is 0.335 e. The molecule has 1 saturated heterocycles. The van der Waals surface area contributed by atoms with Crippen LogP contribution in [0, 0.1) is 0 Å². The van der Waals surface area contributed by atoms with Crippen LogP contribution in [0.25, 0.3) is 21.8 Å². The van der Waals surface area contributed by atoms with Crippen LogP contribution < -0.4 is 0 Å². The van der Waals surface area contributed by atoms with Gasteiger partial charge in [0.05, 0.1) is 11.4 Å². The van der Waals surface area contributed by atoms with Gasteiger partial charge in [0.1, 0.15) is 10.7 Å². The Balaban J connectivity index is 1.17. The molecule has 0 radical (unpaired) electrons. The summed E-state index contributed by atoms with van der Waals surface area (Å²) in [5.41, 5.74) is 4.58. The molecule has 31 heavy (non-hydrogen) atoms. The molecule has 1 N–H and O–H groups in total. The van der Waals surface area contributed by atoms with Gasteiger partial charge in [-0.15, -0.1) is 11.3 Å². The minimum absolute atomic E-state index is 0.00866. The van der Waals surface area contributed by atoms with Crippen molar-refractivity contribution in [3.8, 4) is 21.8 Å². The van der Waals surface area contributed by atoms with Gasteiger partial charge in [0.15, 0.2) is 0 Å². The maximum absolute atomic E-state index is 12.9. The molecule has 156 valence electrons. The van der Waals surface area contributed by atoms with Crippen LogP contribution in [0.5, 0.6) is 0 Å². The zero-order valence-electron chi connectivity index (χ0n) is 17.1. The number of aromatic amines is 1. The van der Waals surface area contributed by atoms with Gasteiger partial charge in [-0.1, -0.05) is 60.7 Å². The molecule has 0 atom stereocenters. The fraction of sp³-hybridized carbons (Fsp3) is 0.208. The highest BCUT2D eigenvalue weighted by Gasteiger charge is 2.24. The molecule has 0 bridgehead atoms. The Morgan fingerprint density at radius 2 is 1.61 bits per heavy atom. The summed E-state index contributed by atoms with van der Waals surface area (Å²) in [7, 11) is 0. The van der Waals surface area contributed by atoms with Crippen molar-refractivity contribution in [2.75, 3.05) is 26.2 Å². The SMILES string of the molecule is O=C(c1cc(-c2ccccc2)n[nH]1)N1CCN(Cc2csc(-c3ccccc3)n2)CC1. The quantitative estimate of drug-likeness (QED) is 0.517. The number of aromatic nitrogens is 3. The number of H-pyrrole nitrogens is 1. The minimum atomic E-state index is 0.00866. The van der Waals surface area contributed by atoms with Crippen molar-refractivity contribution in [3.63, 3.8) is 0 Å². The summed E-state index contributed by atoms with van der Waals surface area (Å²) < 4.78 is 0. The molecular formula is C24H23N5OS. The fourth-order valence-electron chi connectivity index (χ4n) is 3.79. The fourth-order valence-corrected chi connectivity index (χ4v) is 4.61. The molecule has 3 heterocycles. The summed E-state index contributed by atoms with van der Waals surface area (Å²) in [6.07, 6.45) is 0. The molecule has 5 rings (SSSR count). The van der Waals surface area contributed by atoms with E-state index in [1.165, 1.54) is 0 Å². The monoisotopic (exact) mass is 429 g/mol. The molecule has 1 aliphatic heterocycles. The van der Waals surface area contributed by atoms with Gasteiger partial charge in [-0.2, -0.15) is 5.10 Å². The van der Waals surface area contributed by atoms with Crippen molar-refractivity contribution in [2.45, 2.75) is 6.54 Å². The summed E-state index contributed by atoms with van der Waals surface area (Å²) in [6.45, 7) is 3.89. The van der Waals surface area contributed by atoms with E-state index in [4.69, 9.17) is 4.98 Å². The molecule has 1 amide bonds. The highest BCUT2D eigenvalue weighted by atomic mass is 32.1. The minimum Gasteiger partial charge on any atom is -0.335 e. The van der Waals surface area contributed by atoms with E-state index in [0.29, 0.717) is 18.8 Å². The van der Waals surface area contributed by atoms with Gasteiger partial charge in [0.25, 0.3) is 5.91 Å². The zero-order valence-corrected chi connectivity index (χ0v) is 17.9. The van der Waals surface area contributed by atoms with Crippen LogP contribution in [0.1, 0.15) is 16.2 Å². The van der Waals surface area contributed by atoms with E-state index in [1.807, 2.05) is 59.5 Å². The van der Waals surface area contributed by atoms with Gasteiger partial charge in [-0.05, 0) is 6.07 Å². The maximum atomic E-state index is 12.9. The van der Waals surface area contributed by atoms with Crippen LogP contribution in [0.3, 0.4) is 0 Å². The number of nitrogens with zero attached hydrogens (tertiary/aromatic N) is 4. The van der Waals surface area contributed by atoms with Gasteiger partial charge in [0, 0.05) is 49.2 Å². The molecule has 7 heteroatoms. The third-order valence-electron chi connectivity index (χ3n) is 5.50. The lowest BCUT2D eigenvalue weighted by Gasteiger charge is -2.34. The number of nitrogens with one attached hydrogen (secondary N) is 1. The smallest absolute Gasteiger partial charge is 0.271 e. The van der Waals surface area contributed by atoms with E-state index >= 15 is 0 Å². The van der Waals surface area contributed by atoms with E-state index in [1.54, 1.807) is 11.3 Å². The van der Waals surface area contributed by atoms with Crippen molar-refractivity contribution in [2.24, 2.45) is 0 Å². The summed E-state index contributed by atoms with van der Waals surface area (Å²) in [5.74, 6) is 0.00866. The highest BCUT2D eigenvalue weighted by molar-refractivity contribution is 7.13. The average Bonchev–Trinajstić information content (AvgIpc) is 3.51. The van der Waals surface area contributed by atoms with E-state index in [0.717, 1.165) is 47.2 Å². The van der Waals surface area contributed by atoms with E-state index < -0.39 is 0 Å². The predicted octanol–water partition coefficient (Wildman–Crippen LogP) is 4.16.